The van der Waals surface area contributed by atoms with Crippen molar-refractivity contribution in [1.29, 1.82) is 0 Å². The standard InChI is InChI=1S/C18H34N4O5/c1-9(2)7-13(21-15(23)11(5)19)17(25)20-12(6)16(24)22-14(18(26)27)8-10(3)4/h9-14H,7-8,19H2,1-6H3,(H,20,25)(H,21,23)(H,22,24)(H,26,27)/t11-,12-,13-,14+/m0/s1. The third-order valence-electron chi connectivity index (χ3n) is 3.83. The molecule has 0 radical (unpaired) electrons. The number of carbonyl (C=O) groups excluding carboxylic acids is 3. The van der Waals surface area contributed by atoms with Gasteiger partial charge in [-0.25, -0.2) is 4.79 Å². The molecule has 6 N–H and O–H groups in total. The molecule has 9 heteroatoms. The Morgan fingerprint density at radius 1 is 0.741 bits per heavy atom. The fourth-order valence-corrected chi connectivity index (χ4v) is 2.38. The lowest BCUT2D eigenvalue weighted by Gasteiger charge is -2.24. The highest BCUT2D eigenvalue weighted by Gasteiger charge is 2.28. The van der Waals surface area contributed by atoms with E-state index in [1.165, 1.54) is 13.8 Å². The molecule has 0 aliphatic rings. The van der Waals surface area contributed by atoms with E-state index in [4.69, 9.17) is 5.73 Å². The zero-order chi connectivity index (χ0) is 21.3. The fourth-order valence-electron chi connectivity index (χ4n) is 2.38. The summed E-state index contributed by atoms with van der Waals surface area (Å²) in [7, 11) is 0. The summed E-state index contributed by atoms with van der Waals surface area (Å²) in [5.74, 6) is -2.50. The molecule has 0 heterocycles. The summed E-state index contributed by atoms with van der Waals surface area (Å²) < 4.78 is 0. The van der Waals surface area contributed by atoms with Crippen LogP contribution in [0.3, 0.4) is 0 Å². The van der Waals surface area contributed by atoms with E-state index in [2.05, 4.69) is 16.0 Å². The maximum Gasteiger partial charge on any atom is 0.326 e. The highest BCUT2D eigenvalue weighted by molar-refractivity contribution is 5.93. The van der Waals surface area contributed by atoms with E-state index in [0.717, 1.165) is 0 Å². The molecule has 0 aromatic rings. The zero-order valence-corrected chi connectivity index (χ0v) is 17.0. The average molecular weight is 386 g/mol. The van der Waals surface area contributed by atoms with Crippen molar-refractivity contribution in [2.75, 3.05) is 0 Å². The Kier molecular flexibility index (Phi) is 10.6. The third kappa shape index (κ3) is 9.93. The Morgan fingerprint density at radius 2 is 1.19 bits per heavy atom. The third-order valence-corrected chi connectivity index (χ3v) is 3.83. The molecule has 0 aliphatic heterocycles. The number of aliphatic carboxylic acids is 1. The molecule has 156 valence electrons. The number of nitrogens with two attached hydrogens (primary N) is 1. The van der Waals surface area contributed by atoms with Crippen LogP contribution in [0.15, 0.2) is 0 Å². The summed E-state index contributed by atoms with van der Waals surface area (Å²) in [5.41, 5.74) is 5.52. The minimum absolute atomic E-state index is 0.0835. The first kappa shape index (κ1) is 24.8. The van der Waals surface area contributed by atoms with E-state index in [-0.39, 0.29) is 18.3 Å². The molecule has 3 amide bonds. The Hall–Kier alpha value is -2.16. The van der Waals surface area contributed by atoms with Gasteiger partial charge in [0.2, 0.25) is 17.7 Å². The first-order chi connectivity index (χ1) is 12.3. The summed E-state index contributed by atoms with van der Waals surface area (Å²) in [6, 6.07) is -3.57. The second-order valence-electron chi connectivity index (χ2n) is 7.74. The highest BCUT2D eigenvalue weighted by Crippen LogP contribution is 2.07. The molecule has 9 nitrogen and oxygen atoms in total. The minimum Gasteiger partial charge on any atom is -0.480 e. The van der Waals surface area contributed by atoms with Crippen molar-refractivity contribution in [3.8, 4) is 0 Å². The van der Waals surface area contributed by atoms with E-state index in [1.54, 1.807) is 0 Å². The predicted octanol–water partition coefficient (Wildman–Crippen LogP) is -0.0153. The first-order valence-electron chi connectivity index (χ1n) is 9.24. The highest BCUT2D eigenvalue weighted by atomic mass is 16.4. The van der Waals surface area contributed by atoms with E-state index in [0.29, 0.717) is 6.42 Å². The molecule has 0 aliphatic carbocycles. The van der Waals surface area contributed by atoms with Gasteiger partial charge in [-0.05, 0) is 38.5 Å². The first-order valence-corrected chi connectivity index (χ1v) is 9.24. The molecule has 0 bridgehead atoms. The Labute approximate surface area is 160 Å². The van der Waals surface area contributed by atoms with E-state index < -0.39 is 47.9 Å². The maximum absolute atomic E-state index is 12.5. The molecule has 0 rings (SSSR count). The van der Waals surface area contributed by atoms with Crippen molar-refractivity contribution in [3.63, 3.8) is 0 Å². The van der Waals surface area contributed by atoms with Crippen molar-refractivity contribution >= 4 is 23.7 Å². The number of amides is 3. The molecule has 0 spiro atoms. The molecule has 0 saturated carbocycles. The van der Waals surface area contributed by atoms with Gasteiger partial charge in [0, 0.05) is 0 Å². The summed E-state index contributed by atoms with van der Waals surface area (Å²) >= 11 is 0. The maximum atomic E-state index is 12.5. The van der Waals surface area contributed by atoms with Crippen molar-refractivity contribution in [2.24, 2.45) is 17.6 Å². The second kappa shape index (κ2) is 11.5. The van der Waals surface area contributed by atoms with Crippen molar-refractivity contribution in [2.45, 2.75) is 78.6 Å². The normalized spacial score (nSPS) is 15.6. The Bertz CT molecular complexity index is 534. The molecule has 0 fully saturated rings. The number of hydrogen-bond acceptors (Lipinski definition) is 5. The van der Waals surface area contributed by atoms with Gasteiger partial charge in [0.1, 0.15) is 18.1 Å². The van der Waals surface area contributed by atoms with Crippen LogP contribution in [0.4, 0.5) is 0 Å². The van der Waals surface area contributed by atoms with Gasteiger partial charge in [0.25, 0.3) is 0 Å². The lowest BCUT2D eigenvalue weighted by Crippen LogP contribution is -2.56. The number of rotatable bonds is 11. The SMILES string of the molecule is CC(C)C[C@H](NC(=O)[C@H](C)N)C(=O)N[C@@H](C)C(=O)N[C@H](CC(C)C)C(=O)O. The molecular formula is C18H34N4O5. The zero-order valence-electron chi connectivity index (χ0n) is 17.0. The van der Waals surface area contributed by atoms with Crippen LogP contribution >= 0.6 is 0 Å². The predicted molar refractivity (Wildman–Crippen MR) is 102 cm³/mol. The van der Waals surface area contributed by atoms with E-state index in [1.807, 2.05) is 27.7 Å². The van der Waals surface area contributed by atoms with Crippen LogP contribution in [0.25, 0.3) is 0 Å². The van der Waals surface area contributed by atoms with Crippen molar-refractivity contribution in [3.05, 3.63) is 0 Å². The molecule has 0 aromatic heterocycles. The van der Waals surface area contributed by atoms with Crippen LogP contribution in [0, 0.1) is 11.8 Å². The van der Waals surface area contributed by atoms with Crippen molar-refractivity contribution in [1.82, 2.24) is 16.0 Å². The van der Waals surface area contributed by atoms with Gasteiger partial charge in [0.05, 0.1) is 6.04 Å². The van der Waals surface area contributed by atoms with E-state index >= 15 is 0 Å². The van der Waals surface area contributed by atoms with Crippen LogP contribution < -0.4 is 21.7 Å². The smallest absolute Gasteiger partial charge is 0.326 e. The average Bonchev–Trinajstić information content (AvgIpc) is 2.51. The van der Waals surface area contributed by atoms with Crippen LogP contribution in [0.2, 0.25) is 0 Å². The largest absolute Gasteiger partial charge is 0.480 e. The van der Waals surface area contributed by atoms with Gasteiger partial charge in [-0.1, -0.05) is 27.7 Å². The van der Waals surface area contributed by atoms with Crippen molar-refractivity contribution < 1.29 is 24.3 Å². The molecule has 0 saturated heterocycles. The van der Waals surface area contributed by atoms with Gasteiger partial charge >= 0.3 is 5.97 Å². The quantitative estimate of drug-likeness (QED) is 0.337. The van der Waals surface area contributed by atoms with Crippen LogP contribution in [-0.2, 0) is 19.2 Å². The van der Waals surface area contributed by atoms with Gasteiger partial charge in [0.15, 0.2) is 0 Å². The lowest BCUT2D eigenvalue weighted by molar-refractivity contribution is -0.142. The Morgan fingerprint density at radius 3 is 1.59 bits per heavy atom. The fraction of sp³-hybridized carbons (Fsp3) is 0.778. The van der Waals surface area contributed by atoms with Crippen LogP contribution in [0.1, 0.15) is 54.4 Å². The van der Waals surface area contributed by atoms with Crippen LogP contribution in [-0.4, -0.2) is 53.0 Å². The lowest BCUT2D eigenvalue weighted by atomic mass is 10.0. The van der Waals surface area contributed by atoms with Crippen LogP contribution in [0.5, 0.6) is 0 Å². The monoisotopic (exact) mass is 386 g/mol. The molecule has 0 aromatic carbocycles. The van der Waals surface area contributed by atoms with E-state index in [9.17, 15) is 24.3 Å². The van der Waals surface area contributed by atoms with Gasteiger partial charge in [-0.2, -0.15) is 0 Å². The van der Waals surface area contributed by atoms with Gasteiger partial charge in [-0.3, -0.25) is 14.4 Å². The summed E-state index contributed by atoms with van der Waals surface area (Å²) in [5, 5.41) is 16.7. The number of carboxylic acid groups (broad SMARTS) is 1. The number of hydrogen-bond donors (Lipinski definition) is 5. The summed E-state index contributed by atoms with van der Waals surface area (Å²) in [4.78, 5) is 47.8. The molecular weight excluding hydrogens is 352 g/mol. The topological polar surface area (TPSA) is 151 Å². The minimum atomic E-state index is -1.13. The number of carbonyl (C=O) groups is 4. The van der Waals surface area contributed by atoms with Gasteiger partial charge in [-0.15, -0.1) is 0 Å². The van der Waals surface area contributed by atoms with Gasteiger partial charge < -0.3 is 26.8 Å². The second-order valence-corrected chi connectivity index (χ2v) is 7.74. The molecule has 4 atom stereocenters. The summed E-state index contributed by atoms with van der Waals surface area (Å²) in [6.07, 6.45) is 0.659. The number of nitrogens with one attached hydrogen (secondary N) is 3. The Balaban J connectivity index is 4.95. The number of carboxylic acids is 1. The molecule has 0 unspecified atom stereocenters. The molecule has 27 heavy (non-hydrogen) atoms. The summed E-state index contributed by atoms with van der Waals surface area (Å²) in [6.45, 7) is 10.5.